The maximum Gasteiger partial charge on any atom is 0.240 e. The largest absolute Gasteiger partial charge is 0.497 e. The van der Waals surface area contributed by atoms with Gasteiger partial charge in [0.05, 0.1) is 24.3 Å². The molecule has 1 aliphatic heterocycles. The van der Waals surface area contributed by atoms with E-state index in [1.54, 1.807) is 26.4 Å². The lowest BCUT2D eigenvalue weighted by atomic mass is 10.1. The summed E-state index contributed by atoms with van der Waals surface area (Å²) in [6, 6.07) is 15.0. The first kappa shape index (κ1) is 23.3. The van der Waals surface area contributed by atoms with Crippen molar-refractivity contribution in [1.29, 1.82) is 0 Å². The fourth-order valence-corrected chi connectivity index (χ4v) is 5.42. The topological polar surface area (TPSA) is 75.0 Å². The molecule has 0 spiro atoms. The zero-order valence-corrected chi connectivity index (χ0v) is 19.5. The Balaban J connectivity index is 1.45. The summed E-state index contributed by atoms with van der Waals surface area (Å²) in [6.07, 6.45) is 1.59. The minimum atomic E-state index is -3.80. The van der Waals surface area contributed by atoms with Gasteiger partial charge in [0.2, 0.25) is 10.0 Å². The fraction of sp³-hybridized carbons (Fsp3) is 0.333. The number of halogens is 1. The van der Waals surface area contributed by atoms with Crippen molar-refractivity contribution in [2.24, 2.45) is 0 Å². The SMILES string of the molecule is COc1ccc(N2CCN(C(CNS(=O)(=O)c3ccc(F)cc3C)c3ccco3)CC2)cc1. The summed E-state index contributed by atoms with van der Waals surface area (Å²) in [5.41, 5.74) is 1.49. The van der Waals surface area contributed by atoms with Crippen molar-refractivity contribution < 1.29 is 22.0 Å². The van der Waals surface area contributed by atoms with E-state index in [-0.39, 0.29) is 17.5 Å². The third kappa shape index (κ3) is 5.38. The van der Waals surface area contributed by atoms with Crippen LogP contribution in [-0.4, -0.2) is 53.2 Å². The van der Waals surface area contributed by atoms with Crippen LogP contribution in [-0.2, 0) is 10.0 Å². The van der Waals surface area contributed by atoms with Crippen molar-refractivity contribution in [3.63, 3.8) is 0 Å². The number of hydrogen-bond donors (Lipinski definition) is 1. The summed E-state index contributed by atoms with van der Waals surface area (Å²) in [5.74, 6) is 1.06. The quantitative estimate of drug-likeness (QED) is 0.539. The van der Waals surface area contributed by atoms with E-state index < -0.39 is 15.8 Å². The van der Waals surface area contributed by atoms with E-state index in [0.29, 0.717) is 11.3 Å². The number of benzene rings is 2. The van der Waals surface area contributed by atoms with Crippen LogP contribution >= 0.6 is 0 Å². The Morgan fingerprint density at radius 2 is 1.82 bits per heavy atom. The van der Waals surface area contributed by atoms with Gasteiger partial charge in [0.25, 0.3) is 0 Å². The van der Waals surface area contributed by atoms with Gasteiger partial charge in [0.1, 0.15) is 17.3 Å². The van der Waals surface area contributed by atoms with Crippen LogP contribution in [0.15, 0.2) is 70.2 Å². The van der Waals surface area contributed by atoms with Gasteiger partial charge in [-0.05, 0) is 67.1 Å². The first-order chi connectivity index (χ1) is 15.9. The number of nitrogens with zero attached hydrogens (tertiary/aromatic N) is 2. The molecule has 7 nitrogen and oxygen atoms in total. The van der Waals surface area contributed by atoms with Crippen LogP contribution < -0.4 is 14.4 Å². The second-order valence-corrected chi connectivity index (χ2v) is 9.75. The summed E-state index contributed by atoms with van der Waals surface area (Å²) in [7, 11) is -2.15. The number of ether oxygens (including phenoxy) is 1. The van der Waals surface area contributed by atoms with E-state index in [1.165, 1.54) is 12.1 Å². The molecule has 33 heavy (non-hydrogen) atoms. The summed E-state index contributed by atoms with van der Waals surface area (Å²) in [6.45, 7) is 4.82. The van der Waals surface area contributed by atoms with Crippen LogP contribution in [0.2, 0.25) is 0 Å². The molecule has 4 rings (SSSR count). The van der Waals surface area contributed by atoms with Crippen molar-refractivity contribution in [3.8, 4) is 5.75 Å². The minimum Gasteiger partial charge on any atom is -0.497 e. The third-order valence-electron chi connectivity index (χ3n) is 5.96. The number of aryl methyl sites for hydroxylation is 1. The zero-order chi connectivity index (χ0) is 23.4. The maximum atomic E-state index is 13.4. The summed E-state index contributed by atoms with van der Waals surface area (Å²) in [5, 5.41) is 0. The highest BCUT2D eigenvalue weighted by Gasteiger charge is 2.29. The Bertz CT molecular complexity index is 1160. The molecular formula is C24H28FN3O4S. The van der Waals surface area contributed by atoms with Gasteiger partial charge in [-0.15, -0.1) is 0 Å². The van der Waals surface area contributed by atoms with Gasteiger partial charge < -0.3 is 14.1 Å². The Kier molecular flexibility index (Phi) is 7.02. The molecule has 0 saturated carbocycles. The molecule has 3 aromatic rings. The molecule has 0 radical (unpaired) electrons. The van der Waals surface area contributed by atoms with Crippen molar-refractivity contribution in [3.05, 3.63) is 78.0 Å². The van der Waals surface area contributed by atoms with Crippen molar-refractivity contribution in [1.82, 2.24) is 9.62 Å². The lowest BCUT2D eigenvalue weighted by Gasteiger charge is -2.39. The molecule has 2 aromatic carbocycles. The monoisotopic (exact) mass is 473 g/mol. The predicted molar refractivity (Wildman–Crippen MR) is 125 cm³/mol. The highest BCUT2D eigenvalue weighted by Crippen LogP contribution is 2.26. The lowest BCUT2D eigenvalue weighted by molar-refractivity contribution is 0.166. The molecule has 1 N–H and O–H groups in total. The van der Waals surface area contributed by atoms with Gasteiger partial charge in [0.15, 0.2) is 0 Å². The van der Waals surface area contributed by atoms with E-state index in [4.69, 9.17) is 9.15 Å². The average Bonchev–Trinajstić information content (AvgIpc) is 3.34. The summed E-state index contributed by atoms with van der Waals surface area (Å²) >= 11 is 0. The lowest BCUT2D eigenvalue weighted by Crippen LogP contribution is -2.49. The number of methoxy groups -OCH3 is 1. The molecule has 1 fully saturated rings. The van der Waals surface area contributed by atoms with Crippen LogP contribution in [0.4, 0.5) is 10.1 Å². The highest BCUT2D eigenvalue weighted by atomic mass is 32.2. The molecule has 1 aromatic heterocycles. The maximum absolute atomic E-state index is 13.4. The Morgan fingerprint density at radius 1 is 1.09 bits per heavy atom. The van der Waals surface area contributed by atoms with E-state index in [1.807, 2.05) is 30.3 Å². The molecule has 9 heteroatoms. The number of rotatable bonds is 8. The molecule has 0 amide bonds. The molecular weight excluding hydrogens is 445 g/mol. The van der Waals surface area contributed by atoms with Gasteiger partial charge in [0, 0.05) is 38.4 Å². The number of sulfonamides is 1. The fourth-order valence-electron chi connectivity index (χ4n) is 4.16. The van der Waals surface area contributed by atoms with Crippen LogP contribution in [0.3, 0.4) is 0 Å². The van der Waals surface area contributed by atoms with Crippen LogP contribution in [0.5, 0.6) is 5.75 Å². The standard InChI is InChI=1S/C24H28FN3O4S/c1-18-16-19(25)5-10-24(18)33(29,30)26-17-22(23-4-3-15-32-23)28-13-11-27(12-14-28)20-6-8-21(31-2)9-7-20/h3-10,15-16,22,26H,11-14,17H2,1-2H3. The Labute approximate surface area is 193 Å². The van der Waals surface area contributed by atoms with Crippen molar-refractivity contribution in [2.75, 3.05) is 44.7 Å². The van der Waals surface area contributed by atoms with E-state index in [9.17, 15) is 12.8 Å². The molecule has 1 saturated heterocycles. The van der Waals surface area contributed by atoms with Crippen molar-refractivity contribution in [2.45, 2.75) is 17.9 Å². The molecule has 0 aliphatic carbocycles. The van der Waals surface area contributed by atoms with Crippen LogP contribution in [0, 0.1) is 12.7 Å². The van der Waals surface area contributed by atoms with Crippen LogP contribution in [0.25, 0.3) is 0 Å². The number of nitrogens with one attached hydrogen (secondary N) is 1. The molecule has 1 aliphatic rings. The van der Waals surface area contributed by atoms with Crippen molar-refractivity contribution >= 4 is 15.7 Å². The van der Waals surface area contributed by atoms with Gasteiger partial charge in [-0.25, -0.2) is 17.5 Å². The molecule has 1 unspecified atom stereocenters. The number of hydrogen-bond acceptors (Lipinski definition) is 6. The van der Waals surface area contributed by atoms with Gasteiger partial charge >= 0.3 is 0 Å². The predicted octanol–water partition coefficient (Wildman–Crippen LogP) is 3.58. The van der Waals surface area contributed by atoms with Gasteiger partial charge in [-0.2, -0.15) is 0 Å². The Morgan fingerprint density at radius 3 is 2.42 bits per heavy atom. The number of piperazine rings is 1. The van der Waals surface area contributed by atoms with E-state index in [2.05, 4.69) is 14.5 Å². The Hall–Kier alpha value is -2.88. The van der Waals surface area contributed by atoms with E-state index >= 15 is 0 Å². The minimum absolute atomic E-state index is 0.0754. The average molecular weight is 474 g/mol. The summed E-state index contributed by atoms with van der Waals surface area (Å²) in [4.78, 5) is 4.59. The molecule has 2 heterocycles. The highest BCUT2D eigenvalue weighted by molar-refractivity contribution is 7.89. The van der Waals surface area contributed by atoms with Gasteiger partial charge in [-0.1, -0.05) is 0 Å². The normalized spacial score (nSPS) is 16.0. The van der Waals surface area contributed by atoms with E-state index in [0.717, 1.165) is 43.7 Å². The van der Waals surface area contributed by atoms with Gasteiger partial charge in [-0.3, -0.25) is 4.90 Å². The molecule has 1 atom stereocenters. The second kappa shape index (κ2) is 9.94. The number of anilines is 1. The number of furan rings is 1. The molecule has 176 valence electrons. The first-order valence-corrected chi connectivity index (χ1v) is 12.3. The smallest absolute Gasteiger partial charge is 0.240 e. The second-order valence-electron chi connectivity index (χ2n) is 8.01. The zero-order valence-electron chi connectivity index (χ0n) is 18.7. The molecule has 0 bridgehead atoms. The third-order valence-corrected chi connectivity index (χ3v) is 7.54. The first-order valence-electron chi connectivity index (χ1n) is 10.8. The summed E-state index contributed by atoms with van der Waals surface area (Å²) < 4.78 is 52.8. The van der Waals surface area contributed by atoms with Crippen LogP contribution in [0.1, 0.15) is 17.4 Å².